The Kier molecular flexibility index (Phi) is 4.32. The number of carbonyl (C=O) groups excluding carboxylic acids is 1. The largest absolute Gasteiger partial charge is 0.497 e. The number of amides is 1. The number of benzene rings is 2. The molecule has 1 amide bonds. The first-order chi connectivity index (χ1) is 11.4. The molecule has 5 nitrogen and oxygen atoms in total. The van der Waals surface area contributed by atoms with Crippen LogP contribution < -0.4 is 4.74 Å². The van der Waals surface area contributed by atoms with Crippen molar-refractivity contribution in [2.45, 2.75) is 17.1 Å². The summed E-state index contributed by atoms with van der Waals surface area (Å²) in [7, 11) is -1.90. The lowest BCUT2D eigenvalue weighted by Crippen LogP contribution is -2.56. The first-order valence-corrected chi connectivity index (χ1v) is 9.20. The molecule has 1 fully saturated rings. The minimum atomic E-state index is -3.43. The first-order valence-electron chi connectivity index (χ1n) is 7.65. The van der Waals surface area contributed by atoms with Crippen LogP contribution in [0.2, 0.25) is 0 Å². The third-order valence-corrected chi connectivity index (χ3v) is 6.33. The van der Waals surface area contributed by atoms with Crippen molar-refractivity contribution in [3.63, 3.8) is 0 Å². The van der Waals surface area contributed by atoms with Gasteiger partial charge in [0, 0.05) is 18.7 Å². The highest BCUT2D eigenvalue weighted by molar-refractivity contribution is 7.92. The lowest BCUT2D eigenvalue weighted by atomic mass is 10.1. The zero-order valence-electron chi connectivity index (χ0n) is 13.6. The van der Waals surface area contributed by atoms with E-state index in [-0.39, 0.29) is 23.9 Å². The number of nitrogens with zero attached hydrogens (tertiary/aromatic N) is 1. The average molecular weight is 345 g/mol. The molecule has 2 aromatic carbocycles. The topological polar surface area (TPSA) is 63.7 Å². The smallest absolute Gasteiger partial charge is 0.253 e. The van der Waals surface area contributed by atoms with Crippen LogP contribution in [0.25, 0.3) is 0 Å². The van der Waals surface area contributed by atoms with Gasteiger partial charge >= 0.3 is 0 Å². The van der Waals surface area contributed by atoms with Gasteiger partial charge in [-0.15, -0.1) is 0 Å². The average Bonchev–Trinajstić information content (AvgIpc) is 2.53. The number of aryl methyl sites for hydroxylation is 1. The Morgan fingerprint density at radius 1 is 1.12 bits per heavy atom. The van der Waals surface area contributed by atoms with E-state index >= 15 is 0 Å². The minimum absolute atomic E-state index is 0.125. The van der Waals surface area contributed by atoms with Crippen LogP contribution >= 0.6 is 0 Å². The van der Waals surface area contributed by atoms with Crippen LogP contribution in [-0.4, -0.2) is 44.7 Å². The SMILES string of the molecule is COc1ccc(S(=O)(=O)C2CN(C(=O)c3cccc(C)c3)C2)cc1. The summed E-state index contributed by atoms with van der Waals surface area (Å²) >= 11 is 0. The molecule has 24 heavy (non-hydrogen) atoms. The maximum atomic E-state index is 12.6. The van der Waals surface area contributed by atoms with Crippen LogP contribution in [0.3, 0.4) is 0 Å². The van der Waals surface area contributed by atoms with E-state index < -0.39 is 15.1 Å². The van der Waals surface area contributed by atoms with Gasteiger partial charge < -0.3 is 9.64 Å². The van der Waals surface area contributed by atoms with Crippen molar-refractivity contribution in [1.82, 2.24) is 4.90 Å². The van der Waals surface area contributed by atoms with E-state index in [2.05, 4.69) is 0 Å². The van der Waals surface area contributed by atoms with Crippen molar-refractivity contribution in [3.05, 3.63) is 59.7 Å². The van der Waals surface area contributed by atoms with Crippen molar-refractivity contribution < 1.29 is 17.9 Å². The second-order valence-electron chi connectivity index (χ2n) is 5.92. The van der Waals surface area contributed by atoms with Gasteiger partial charge in [-0.2, -0.15) is 0 Å². The first kappa shape index (κ1) is 16.5. The number of hydrogen-bond donors (Lipinski definition) is 0. The zero-order valence-corrected chi connectivity index (χ0v) is 14.4. The number of likely N-dealkylation sites (tertiary alicyclic amines) is 1. The van der Waals surface area contributed by atoms with Crippen molar-refractivity contribution in [2.75, 3.05) is 20.2 Å². The third-order valence-electron chi connectivity index (χ3n) is 4.23. The van der Waals surface area contributed by atoms with Gasteiger partial charge in [-0.1, -0.05) is 17.7 Å². The predicted octanol–water partition coefficient (Wildman–Crippen LogP) is 2.30. The Labute approximate surface area is 141 Å². The molecule has 1 heterocycles. The lowest BCUT2D eigenvalue weighted by Gasteiger charge is -2.38. The molecule has 0 atom stereocenters. The molecule has 0 bridgehead atoms. The molecule has 1 aliphatic heterocycles. The van der Waals surface area contributed by atoms with E-state index in [1.165, 1.54) is 7.11 Å². The molecule has 0 N–H and O–H groups in total. The molecule has 0 aliphatic carbocycles. The number of ether oxygens (including phenoxy) is 1. The molecule has 1 saturated heterocycles. The molecular weight excluding hydrogens is 326 g/mol. The Morgan fingerprint density at radius 2 is 1.79 bits per heavy atom. The van der Waals surface area contributed by atoms with Crippen LogP contribution in [0.1, 0.15) is 15.9 Å². The normalized spacial score (nSPS) is 15.0. The van der Waals surface area contributed by atoms with Gasteiger partial charge in [0.05, 0.1) is 12.0 Å². The van der Waals surface area contributed by atoms with Gasteiger partial charge in [0.2, 0.25) is 0 Å². The molecule has 0 unspecified atom stereocenters. The molecule has 1 aliphatic rings. The number of rotatable bonds is 4. The van der Waals surface area contributed by atoms with E-state index in [1.54, 1.807) is 35.2 Å². The summed E-state index contributed by atoms with van der Waals surface area (Å²) in [5, 5.41) is -0.556. The molecular formula is C18H19NO4S. The predicted molar refractivity (Wildman–Crippen MR) is 91.1 cm³/mol. The number of carbonyl (C=O) groups is 1. The fourth-order valence-electron chi connectivity index (χ4n) is 2.72. The maximum absolute atomic E-state index is 12.6. The van der Waals surface area contributed by atoms with Gasteiger partial charge in [-0.25, -0.2) is 8.42 Å². The summed E-state index contributed by atoms with van der Waals surface area (Å²) in [6, 6.07) is 13.6. The molecule has 0 spiro atoms. The fourth-order valence-corrected chi connectivity index (χ4v) is 4.37. The summed E-state index contributed by atoms with van der Waals surface area (Å²) in [5.41, 5.74) is 1.60. The summed E-state index contributed by atoms with van der Waals surface area (Å²) in [6.07, 6.45) is 0. The highest BCUT2D eigenvalue weighted by Gasteiger charge is 2.40. The quantitative estimate of drug-likeness (QED) is 0.853. The molecule has 6 heteroatoms. The van der Waals surface area contributed by atoms with Gasteiger partial charge in [-0.3, -0.25) is 4.79 Å². The second kappa shape index (κ2) is 6.28. The standard InChI is InChI=1S/C18H19NO4S/c1-13-4-3-5-14(10-13)18(20)19-11-17(12-19)24(21,22)16-8-6-15(23-2)7-9-16/h3-10,17H,11-12H2,1-2H3. The van der Waals surface area contributed by atoms with Crippen LogP contribution in [0, 0.1) is 6.92 Å². The van der Waals surface area contributed by atoms with Crippen LogP contribution in [-0.2, 0) is 9.84 Å². The van der Waals surface area contributed by atoms with Crippen molar-refractivity contribution in [3.8, 4) is 5.75 Å². The van der Waals surface area contributed by atoms with Crippen LogP contribution in [0.15, 0.2) is 53.4 Å². The summed E-state index contributed by atoms with van der Waals surface area (Å²) in [5.74, 6) is 0.485. The second-order valence-corrected chi connectivity index (χ2v) is 8.15. The minimum Gasteiger partial charge on any atom is -0.497 e. The molecule has 0 saturated carbocycles. The van der Waals surface area contributed by atoms with Crippen LogP contribution in [0.4, 0.5) is 0 Å². The highest BCUT2D eigenvalue weighted by atomic mass is 32.2. The fraction of sp³-hybridized carbons (Fsp3) is 0.278. The number of hydrogen-bond acceptors (Lipinski definition) is 4. The van der Waals surface area contributed by atoms with Crippen molar-refractivity contribution in [1.29, 1.82) is 0 Å². The summed E-state index contributed by atoms with van der Waals surface area (Å²) in [6.45, 7) is 2.37. The van der Waals surface area contributed by atoms with Gasteiger partial charge in [0.1, 0.15) is 11.0 Å². The van der Waals surface area contributed by atoms with Gasteiger partial charge in [0.15, 0.2) is 9.84 Å². The van der Waals surface area contributed by atoms with E-state index in [0.29, 0.717) is 11.3 Å². The highest BCUT2D eigenvalue weighted by Crippen LogP contribution is 2.26. The molecule has 3 rings (SSSR count). The number of methoxy groups -OCH3 is 1. The van der Waals surface area contributed by atoms with E-state index in [0.717, 1.165) is 5.56 Å². The Morgan fingerprint density at radius 3 is 2.38 bits per heavy atom. The number of sulfone groups is 1. The Hall–Kier alpha value is -2.34. The van der Waals surface area contributed by atoms with Crippen molar-refractivity contribution >= 4 is 15.7 Å². The Bertz CT molecular complexity index is 853. The summed E-state index contributed by atoms with van der Waals surface area (Å²) in [4.78, 5) is 14.2. The molecule has 2 aromatic rings. The van der Waals surface area contributed by atoms with Crippen LogP contribution in [0.5, 0.6) is 5.75 Å². The van der Waals surface area contributed by atoms with Gasteiger partial charge in [-0.05, 0) is 43.3 Å². The molecule has 126 valence electrons. The maximum Gasteiger partial charge on any atom is 0.253 e. The van der Waals surface area contributed by atoms with Crippen molar-refractivity contribution in [2.24, 2.45) is 0 Å². The third kappa shape index (κ3) is 3.01. The van der Waals surface area contributed by atoms with E-state index in [4.69, 9.17) is 4.74 Å². The summed E-state index contributed by atoms with van der Waals surface area (Å²) < 4.78 is 30.2. The molecule has 0 radical (unpaired) electrons. The van der Waals surface area contributed by atoms with E-state index in [9.17, 15) is 13.2 Å². The van der Waals surface area contributed by atoms with Gasteiger partial charge in [0.25, 0.3) is 5.91 Å². The van der Waals surface area contributed by atoms with E-state index in [1.807, 2.05) is 25.1 Å². The lowest BCUT2D eigenvalue weighted by molar-refractivity contribution is 0.0659. The Balaban J connectivity index is 1.69. The monoisotopic (exact) mass is 345 g/mol. The zero-order chi connectivity index (χ0) is 17.3. The molecule has 0 aromatic heterocycles.